The summed E-state index contributed by atoms with van der Waals surface area (Å²) in [4.78, 5) is 18.6. The first-order valence-electron chi connectivity index (χ1n) is 7.65. The molecule has 0 bridgehead atoms. The van der Waals surface area contributed by atoms with Crippen molar-refractivity contribution in [2.45, 2.75) is 13.3 Å². The summed E-state index contributed by atoms with van der Waals surface area (Å²) in [6.07, 6.45) is 1.09. The predicted molar refractivity (Wildman–Crippen MR) is 90.5 cm³/mol. The lowest BCUT2D eigenvalue weighted by atomic mass is 10.1. The number of pyridine rings is 1. The molecule has 1 fully saturated rings. The molecule has 1 aliphatic heterocycles. The molecule has 0 aliphatic carbocycles. The molecule has 122 valence electrons. The number of rotatable bonds is 6. The number of aryl methyl sites for hydroxylation is 1. The molecule has 3 heterocycles. The normalized spacial score (nSPS) is 18.0. The van der Waals surface area contributed by atoms with Crippen molar-refractivity contribution in [1.29, 1.82) is 0 Å². The molecule has 1 aliphatic rings. The fourth-order valence-corrected chi connectivity index (χ4v) is 3.16. The van der Waals surface area contributed by atoms with Gasteiger partial charge in [0.15, 0.2) is 0 Å². The lowest BCUT2D eigenvalue weighted by Crippen LogP contribution is -2.32. The maximum Gasteiger partial charge on any atom is 0.240 e. The first-order chi connectivity index (χ1) is 11.2. The van der Waals surface area contributed by atoms with E-state index in [2.05, 4.69) is 30.7 Å². The van der Waals surface area contributed by atoms with Gasteiger partial charge in [-0.15, -0.1) is 10.2 Å². The average molecular weight is 332 g/mol. The van der Waals surface area contributed by atoms with E-state index in [-0.39, 0.29) is 5.91 Å². The molecule has 3 rings (SSSR count). The molecule has 0 aromatic carbocycles. The van der Waals surface area contributed by atoms with Gasteiger partial charge >= 0.3 is 0 Å². The third-order valence-corrected chi connectivity index (χ3v) is 4.41. The van der Waals surface area contributed by atoms with Crippen molar-refractivity contribution in [2.75, 3.05) is 36.8 Å². The standard InChI is InChI=1S/C15H20N6OS/c1-11-3-2-4-13(18-11)16-7-12-5-6-21(8-12)9-14(22)19-15-20-17-10-23-15/h2-4,10,12H,5-9H2,1H3,(H,16,18)(H,19,20,22). The quantitative estimate of drug-likeness (QED) is 0.836. The fourth-order valence-electron chi connectivity index (χ4n) is 2.70. The van der Waals surface area contributed by atoms with Crippen molar-refractivity contribution < 1.29 is 4.79 Å². The van der Waals surface area contributed by atoms with Crippen molar-refractivity contribution in [3.05, 3.63) is 29.4 Å². The summed E-state index contributed by atoms with van der Waals surface area (Å²) in [7, 11) is 0. The lowest BCUT2D eigenvalue weighted by molar-refractivity contribution is -0.117. The highest BCUT2D eigenvalue weighted by molar-refractivity contribution is 7.13. The molecule has 2 aromatic heterocycles. The number of carbonyl (C=O) groups excluding carboxylic acids is 1. The number of carbonyl (C=O) groups is 1. The van der Waals surface area contributed by atoms with Crippen molar-refractivity contribution in [3.63, 3.8) is 0 Å². The van der Waals surface area contributed by atoms with Crippen LogP contribution in [-0.2, 0) is 4.79 Å². The summed E-state index contributed by atoms with van der Waals surface area (Å²) in [5.74, 6) is 1.42. The zero-order valence-corrected chi connectivity index (χ0v) is 13.8. The van der Waals surface area contributed by atoms with E-state index in [1.54, 1.807) is 5.51 Å². The number of anilines is 2. The summed E-state index contributed by atoms with van der Waals surface area (Å²) in [6, 6.07) is 5.97. The summed E-state index contributed by atoms with van der Waals surface area (Å²) in [6.45, 7) is 5.13. The van der Waals surface area contributed by atoms with Gasteiger partial charge in [-0.25, -0.2) is 4.98 Å². The van der Waals surface area contributed by atoms with E-state index in [0.29, 0.717) is 17.6 Å². The van der Waals surface area contributed by atoms with Gasteiger partial charge in [0.25, 0.3) is 0 Å². The van der Waals surface area contributed by atoms with Crippen LogP contribution in [0.5, 0.6) is 0 Å². The highest BCUT2D eigenvalue weighted by Crippen LogP contribution is 2.17. The Morgan fingerprint density at radius 2 is 2.39 bits per heavy atom. The molecule has 1 unspecified atom stereocenters. The topological polar surface area (TPSA) is 83.0 Å². The van der Waals surface area contributed by atoms with Crippen molar-refractivity contribution >= 4 is 28.2 Å². The minimum absolute atomic E-state index is 0.0317. The number of nitrogens with one attached hydrogen (secondary N) is 2. The molecular formula is C15H20N6OS. The van der Waals surface area contributed by atoms with Gasteiger partial charge in [-0.05, 0) is 37.9 Å². The molecule has 8 heteroatoms. The largest absolute Gasteiger partial charge is 0.370 e. The van der Waals surface area contributed by atoms with Crippen LogP contribution in [0.15, 0.2) is 23.7 Å². The Morgan fingerprint density at radius 1 is 1.48 bits per heavy atom. The molecule has 23 heavy (non-hydrogen) atoms. The Hall–Kier alpha value is -2.06. The highest BCUT2D eigenvalue weighted by atomic mass is 32.1. The van der Waals surface area contributed by atoms with Gasteiger partial charge in [0.2, 0.25) is 11.0 Å². The van der Waals surface area contributed by atoms with Crippen molar-refractivity contribution in [2.24, 2.45) is 5.92 Å². The van der Waals surface area contributed by atoms with Crippen LogP contribution < -0.4 is 10.6 Å². The van der Waals surface area contributed by atoms with E-state index >= 15 is 0 Å². The van der Waals surface area contributed by atoms with Gasteiger partial charge in [-0.2, -0.15) is 0 Å². The zero-order valence-electron chi connectivity index (χ0n) is 13.0. The van der Waals surface area contributed by atoms with Crippen LogP contribution in [0.2, 0.25) is 0 Å². The van der Waals surface area contributed by atoms with Gasteiger partial charge in [-0.3, -0.25) is 15.0 Å². The second-order valence-corrected chi connectivity index (χ2v) is 6.56. The van der Waals surface area contributed by atoms with Gasteiger partial charge in [-0.1, -0.05) is 17.4 Å². The fraction of sp³-hybridized carbons (Fsp3) is 0.467. The maximum absolute atomic E-state index is 12.0. The summed E-state index contributed by atoms with van der Waals surface area (Å²) in [5.41, 5.74) is 2.61. The smallest absolute Gasteiger partial charge is 0.240 e. The van der Waals surface area contributed by atoms with Crippen LogP contribution in [0.25, 0.3) is 0 Å². The average Bonchev–Trinajstić information content (AvgIpc) is 3.17. The lowest BCUT2D eigenvalue weighted by Gasteiger charge is -2.15. The van der Waals surface area contributed by atoms with E-state index in [1.165, 1.54) is 11.3 Å². The van der Waals surface area contributed by atoms with Crippen LogP contribution in [0.3, 0.4) is 0 Å². The molecule has 1 amide bonds. The molecule has 1 saturated heterocycles. The number of likely N-dealkylation sites (tertiary alicyclic amines) is 1. The maximum atomic E-state index is 12.0. The predicted octanol–water partition coefficient (Wildman–Crippen LogP) is 1.61. The molecule has 2 N–H and O–H groups in total. The van der Waals surface area contributed by atoms with Gasteiger partial charge in [0.05, 0.1) is 6.54 Å². The second kappa shape index (κ2) is 7.47. The Kier molecular flexibility index (Phi) is 5.14. The number of nitrogens with zero attached hydrogens (tertiary/aromatic N) is 4. The molecule has 0 radical (unpaired) electrons. The molecular weight excluding hydrogens is 312 g/mol. The van der Waals surface area contributed by atoms with Gasteiger partial charge in [0, 0.05) is 18.8 Å². The summed E-state index contributed by atoms with van der Waals surface area (Å²) < 4.78 is 0. The monoisotopic (exact) mass is 332 g/mol. The van der Waals surface area contributed by atoms with E-state index < -0.39 is 0 Å². The molecule has 0 spiro atoms. The van der Waals surface area contributed by atoms with Gasteiger partial charge < -0.3 is 5.32 Å². The third kappa shape index (κ3) is 4.70. The highest BCUT2D eigenvalue weighted by Gasteiger charge is 2.24. The molecule has 0 saturated carbocycles. The SMILES string of the molecule is Cc1cccc(NCC2CCN(CC(=O)Nc3nncs3)C2)n1. The molecule has 7 nitrogen and oxygen atoms in total. The summed E-state index contributed by atoms with van der Waals surface area (Å²) in [5, 5.41) is 14.2. The Labute approximate surface area is 139 Å². The third-order valence-electron chi connectivity index (χ3n) is 3.80. The van der Waals surface area contributed by atoms with Crippen LogP contribution >= 0.6 is 11.3 Å². The van der Waals surface area contributed by atoms with Crippen LogP contribution in [-0.4, -0.2) is 52.2 Å². The Balaban J connectivity index is 1.40. The van der Waals surface area contributed by atoms with Crippen molar-refractivity contribution in [1.82, 2.24) is 20.1 Å². The minimum atomic E-state index is -0.0317. The number of aromatic nitrogens is 3. The van der Waals surface area contributed by atoms with Crippen LogP contribution in [0, 0.1) is 12.8 Å². The summed E-state index contributed by atoms with van der Waals surface area (Å²) >= 11 is 1.33. The molecule has 1 atom stereocenters. The van der Waals surface area contributed by atoms with Crippen LogP contribution in [0.1, 0.15) is 12.1 Å². The first-order valence-corrected chi connectivity index (χ1v) is 8.53. The zero-order chi connectivity index (χ0) is 16.1. The van der Waals surface area contributed by atoms with E-state index in [9.17, 15) is 4.79 Å². The Bertz CT molecular complexity index is 647. The molecule has 2 aromatic rings. The van der Waals surface area contributed by atoms with E-state index in [1.807, 2.05) is 25.1 Å². The van der Waals surface area contributed by atoms with E-state index in [0.717, 1.165) is 37.6 Å². The minimum Gasteiger partial charge on any atom is -0.370 e. The second-order valence-electron chi connectivity index (χ2n) is 5.73. The number of hydrogen-bond donors (Lipinski definition) is 2. The number of hydrogen-bond acceptors (Lipinski definition) is 7. The Morgan fingerprint density at radius 3 is 3.17 bits per heavy atom. The van der Waals surface area contributed by atoms with Crippen molar-refractivity contribution in [3.8, 4) is 0 Å². The number of amides is 1. The first kappa shape index (κ1) is 15.8. The van der Waals surface area contributed by atoms with Gasteiger partial charge in [0.1, 0.15) is 11.3 Å². The van der Waals surface area contributed by atoms with E-state index in [4.69, 9.17) is 0 Å². The van der Waals surface area contributed by atoms with Crippen LogP contribution in [0.4, 0.5) is 10.9 Å².